The van der Waals surface area contributed by atoms with Gasteiger partial charge in [-0.1, -0.05) is 25.1 Å². The molecule has 2 aromatic rings. The van der Waals surface area contributed by atoms with E-state index >= 15 is 0 Å². The van der Waals surface area contributed by atoms with Crippen LogP contribution in [0, 0.1) is 5.92 Å². The van der Waals surface area contributed by atoms with Crippen molar-refractivity contribution in [1.29, 1.82) is 0 Å². The lowest BCUT2D eigenvalue weighted by atomic mass is 10.0. The third-order valence-electron chi connectivity index (χ3n) is 5.11. The fourth-order valence-electron chi connectivity index (χ4n) is 3.70. The van der Waals surface area contributed by atoms with Crippen LogP contribution in [0.4, 0.5) is 0 Å². The highest BCUT2D eigenvalue weighted by Crippen LogP contribution is 2.20. The molecule has 7 heteroatoms. The van der Waals surface area contributed by atoms with Crippen LogP contribution in [0.15, 0.2) is 30.5 Å². The zero-order valence-electron chi connectivity index (χ0n) is 16.4. The Bertz CT molecular complexity index is 860. The molecule has 1 aromatic carbocycles. The largest absolute Gasteiger partial charge is 0.454 e. The predicted molar refractivity (Wildman–Crippen MR) is 106 cm³/mol. The molecule has 0 saturated carbocycles. The van der Waals surface area contributed by atoms with Gasteiger partial charge in [-0.15, -0.1) is 0 Å². The van der Waals surface area contributed by atoms with Crippen molar-refractivity contribution in [3.63, 3.8) is 0 Å². The number of ether oxygens (including phenoxy) is 1. The molecule has 1 aliphatic heterocycles. The van der Waals surface area contributed by atoms with Gasteiger partial charge in [-0.3, -0.25) is 9.59 Å². The first-order valence-corrected chi connectivity index (χ1v) is 9.70. The maximum atomic E-state index is 12.6. The Morgan fingerprint density at radius 2 is 2.11 bits per heavy atom. The summed E-state index contributed by atoms with van der Waals surface area (Å²) in [7, 11) is 0. The predicted octanol–water partition coefficient (Wildman–Crippen LogP) is 2.02. The molecule has 7 nitrogen and oxygen atoms in total. The summed E-state index contributed by atoms with van der Waals surface area (Å²) in [4.78, 5) is 41.4. The zero-order valence-corrected chi connectivity index (χ0v) is 16.4. The number of rotatable bonds is 6. The summed E-state index contributed by atoms with van der Waals surface area (Å²) in [5.41, 5.74) is 1.87. The molecule has 150 valence electrons. The Labute approximate surface area is 164 Å². The van der Waals surface area contributed by atoms with Crippen molar-refractivity contribution >= 4 is 28.7 Å². The Morgan fingerprint density at radius 1 is 1.32 bits per heavy atom. The van der Waals surface area contributed by atoms with Crippen LogP contribution in [0.1, 0.15) is 32.3 Å². The normalized spacial score (nSPS) is 17.9. The molecular weight excluding hydrogens is 358 g/mol. The molecule has 0 radical (unpaired) electrons. The van der Waals surface area contributed by atoms with Crippen molar-refractivity contribution in [3.05, 3.63) is 36.0 Å². The highest BCUT2D eigenvalue weighted by molar-refractivity contribution is 5.88. The van der Waals surface area contributed by atoms with Crippen LogP contribution in [0.5, 0.6) is 0 Å². The van der Waals surface area contributed by atoms with Crippen molar-refractivity contribution in [2.45, 2.75) is 39.2 Å². The number of esters is 1. The highest BCUT2D eigenvalue weighted by Gasteiger charge is 2.26. The minimum Gasteiger partial charge on any atom is -0.454 e. The maximum Gasteiger partial charge on any atom is 0.329 e. The van der Waals surface area contributed by atoms with Gasteiger partial charge in [0.05, 0.1) is 0 Å². The molecule has 1 aliphatic rings. The first kappa shape index (κ1) is 19.9. The minimum absolute atomic E-state index is 0.187. The topological polar surface area (TPSA) is 91.5 Å². The first-order valence-electron chi connectivity index (χ1n) is 9.70. The fourth-order valence-corrected chi connectivity index (χ4v) is 3.70. The number of hydrogen-bond acceptors (Lipinski definition) is 4. The Hall–Kier alpha value is -2.83. The standard InChI is InChI=1S/C21H27N3O4/c1-14-6-5-9-24(12-14)20(26)13-28-21(27)19(23-15(2)25)10-16-11-22-18-8-4-3-7-17(16)18/h3-4,7-8,11,14,19,22H,5-6,9-10,12-13H2,1-2H3,(H,23,25). The lowest BCUT2D eigenvalue weighted by Gasteiger charge is -2.30. The molecule has 0 spiro atoms. The Kier molecular flexibility index (Phi) is 6.34. The quantitative estimate of drug-likeness (QED) is 0.744. The molecular formula is C21H27N3O4. The summed E-state index contributed by atoms with van der Waals surface area (Å²) in [6, 6.07) is 6.91. The number of H-pyrrole nitrogens is 1. The number of carbonyl (C=O) groups excluding carboxylic acids is 3. The van der Waals surface area contributed by atoms with Crippen LogP contribution < -0.4 is 5.32 Å². The number of likely N-dealkylation sites (tertiary alicyclic amines) is 1. The van der Waals surface area contributed by atoms with Crippen LogP contribution in [0.2, 0.25) is 0 Å². The molecule has 2 atom stereocenters. The van der Waals surface area contributed by atoms with Gasteiger partial charge in [0.25, 0.3) is 5.91 Å². The summed E-state index contributed by atoms with van der Waals surface area (Å²) in [5.74, 6) is -0.646. The smallest absolute Gasteiger partial charge is 0.329 e. The molecule has 2 N–H and O–H groups in total. The van der Waals surface area contributed by atoms with E-state index < -0.39 is 12.0 Å². The van der Waals surface area contributed by atoms with E-state index in [4.69, 9.17) is 4.74 Å². The third-order valence-corrected chi connectivity index (χ3v) is 5.11. The van der Waals surface area contributed by atoms with Gasteiger partial charge >= 0.3 is 5.97 Å². The molecule has 0 aliphatic carbocycles. The van der Waals surface area contributed by atoms with Gasteiger partial charge in [-0.05, 0) is 30.4 Å². The van der Waals surface area contributed by atoms with E-state index in [1.807, 2.05) is 30.5 Å². The summed E-state index contributed by atoms with van der Waals surface area (Å²) in [5, 5.41) is 3.63. The van der Waals surface area contributed by atoms with Crippen LogP contribution in [0.3, 0.4) is 0 Å². The highest BCUT2D eigenvalue weighted by atomic mass is 16.5. The number of aromatic nitrogens is 1. The summed E-state index contributed by atoms with van der Waals surface area (Å²) in [6.45, 7) is 4.57. The van der Waals surface area contributed by atoms with Gasteiger partial charge in [-0.2, -0.15) is 0 Å². The Balaban J connectivity index is 1.63. The van der Waals surface area contributed by atoms with Crippen molar-refractivity contribution in [3.8, 4) is 0 Å². The van der Waals surface area contributed by atoms with Crippen molar-refractivity contribution in [2.24, 2.45) is 5.92 Å². The monoisotopic (exact) mass is 385 g/mol. The van der Waals surface area contributed by atoms with Gasteiger partial charge in [0, 0.05) is 43.5 Å². The van der Waals surface area contributed by atoms with Crippen molar-refractivity contribution < 1.29 is 19.1 Å². The average Bonchev–Trinajstić information content (AvgIpc) is 3.08. The molecule has 1 fully saturated rings. The number of fused-ring (bicyclic) bond motifs is 1. The number of hydrogen-bond donors (Lipinski definition) is 2. The summed E-state index contributed by atoms with van der Waals surface area (Å²) >= 11 is 0. The van der Waals surface area contributed by atoms with E-state index in [-0.39, 0.29) is 24.8 Å². The van der Waals surface area contributed by atoms with Gasteiger partial charge in [-0.25, -0.2) is 4.79 Å². The molecule has 3 rings (SSSR count). The molecule has 2 amide bonds. The van der Waals surface area contributed by atoms with E-state index in [2.05, 4.69) is 17.2 Å². The number of piperidine rings is 1. The van der Waals surface area contributed by atoms with Crippen LogP contribution in [0.25, 0.3) is 10.9 Å². The zero-order chi connectivity index (χ0) is 20.1. The fraction of sp³-hybridized carbons (Fsp3) is 0.476. The maximum absolute atomic E-state index is 12.6. The SMILES string of the molecule is CC(=O)NC(Cc1c[nH]c2ccccc12)C(=O)OCC(=O)N1CCCC(C)C1. The second-order valence-electron chi connectivity index (χ2n) is 7.51. The number of nitrogens with zero attached hydrogens (tertiary/aromatic N) is 1. The first-order chi connectivity index (χ1) is 13.4. The average molecular weight is 385 g/mol. The number of para-hydroxylation sites is 1. The molecule has 0 bridgehead atoms. The lowest BCUT2D eigenvalue weighted by molar-refractivity contribution is -0.155. The van der Waals surface area contributed by atoms with Gasteiger partial charge < -0.3 is 19.9 Å². The van der Waals surface area contributed by atoms with Gasteiger partial charge in [0.1, 0.15) is 6.04 Å². The summed E-state index contributed by atoms with van der Waals surface area (Å²) in [6.07, 6.45) is 4.19. The van der Waals surface area contributed by atoms with Gasteiger partial charge in [0.2, 0.25) is 5.91 Å². The molecule has 1 saturated heterocycles. The number of amides is 2. The van der Waals surface area contributed by atoms with Crippen LogP contribution in [-0.2, 0) is 25.5 Å². The second-order valence-corrected chi connectivity index (χ2v) is 7.51. The number of carbonyl (C=O) groups is 3. The van der Waals surface area contributed by atoms with E-state index in [0.717, 1.165) is 29.3 Å². The van der Waals surface area contributed by atoms with Crippen LogP contribution in [-0.4, -0.2) is 53.4 Å². The number of nitrogens with one attached hydrogen (secondary N) is 2. The van der Waals surface area contributed by atoms with E-state index in [1.54, 1.807) is 4.90 Å². The lowest BCUT2D eigenvalue weighted by Crippen LogP contribution is -2.45. The third kappa shape index (κ3) is 4.91. The van der Waals surface area contributed by atoms with Crippen molar-refractivity contribution in [1.82, 2.24) is 15.2 Å². The van der Waals surface area contributed by atoms with E-state index in [9.17, 15) is 14.4 Å². The second kappa shape index (κ2) is 8.91. The molecule has 28 heavy (non-hydrogen) atoms. The number of benzene rings is 1. The van der Waals surface area contributed by atoms with Crippen LogP contribution >= 0.6 is 0 Å². The van der Waals surface area contributed by atoms with E-state index in [0.29, 0.717) is 19.0 Å². The molecule has 1 aromatic heterocycles. The summed E-state index contributed by atoms with van der Waals surface area (Å²) < 4.78 is 5.26. The van der Waals surface area contributed by atoms with E-state index in [1.165, 1.54) is 6.92 Å². The number of aromatic amines is 1. The Morgan fingerprint density at radius 3 is 2.86 bits per heavy atom. The van der Waals surface area contributed by atoms with Crippen molar-refractivity contribution in [2.75, 3.05) is 19.7 Å². The molecule has 2 unspecified atom stereocenters. The van der Waals surface area contributed by atoms with Gasteiger partial charge in [0.15, 0.2) is 6.61 Å². The minimum atomic E-state index is -0.843. The molecule has 2 heterocycles.